The number of ether oxygens (including phenoxy) is 1. The van der Waals surface area contributed by atoms with Crippen LogP contribution in [0.25, 0.3) is 11.6 Å². The molecule has 0 unspecified atom stereocenters. The van der Waals surface area contributed by atoms with Crippen molar-refractivity contribution in [2.45, 2.75) is 36.6 Å². The van der Waals surface area contributed by atoms with E-state index in [4.69, 9.17) is 16.3 Å². The van der Waals surface area contributed by atoms with Crippen LogP contribution in [0.15, 0.2) is 97.3 Å². The van der Waals surface area contributed by atoms with Crippen LogP contribution in [-0.2, 0) is 10.2 Å². The fourth-order valence-corrected chi connectivity index (χ4v) is 6.17. The van der Waals surface area contributed by atoms with Gasteiger partial charge in [-0.25, -0.2) is 4.79 Å². The lowest BCUT2D eigenvalue weighted by molar-refractivity contribution is -0.143. The summed E-state index contributed by atoms with van der Waals surface area (Å²) in [6.07, 6.45) is 8.08. The number of carbonyl (C=O) groups is 1. The molecule has 0 radical (unpaired) electrons. The number of carboxylic acid groups (broad SMARTS) is 1. The molecule has 0 aliphatic heterocycles. The molecule has 1 spiro atoms. The zero-order valence-electron chi connectivity index (χ0n) is 20.7. The Hall–Kier alpha value is -4.09. The molecule has 6 rings (SSSR count). The molecule has 1 fully saturated rings. The van der Waals surface area contributed by atoms with Gasteiger partial charge in [0.2, 0.25) is 0 Å². The fraction of sp³-hybridized carbons (Fsp3) is 0.188. The number of nitrogens with zero attached hydrogens (tertiary/aromatic N) is 1. The van der Waals surface area contributed by atoms with Gasteiger partial charge in [-0.2, -0.15) is 0 Å². The van der Waals surface area contributed by atoms with E-state index in [1.165, 1.54) is 16.7 Å². The van der Waals surface area contributed by atoms with Crippen molar-refractivity contribution >= 4 is 34.9 Å². The molecular formula is C32H27ClN2O3. The van der Waals surface area contributed by atoms with Gasteiger partial charge in [0.15, 0.2) is 0 Å². The van der Waals surface area contributed by atoms with Gasteiger partial charge < -0.3 is 15.2 Å². The van der Waals surface area contributed by atoms with E-state index in [-0.39, 0.29) is 5.41 Å². The number of aromatic nitrogens is 1. The average Bonchev–Trinajstić information content (AvgIpc) is 3.25. The molecule has 0 bridgehead atoms. The molecule has 1 heterocycles. The van der Waals surface area contributed by atoms with E-state index in [2.05, 4.69) is 52.8 Å². The minimum absolute atomic E-state index is 0.251. The number of carboxylic acids is 1. The number of fused-ring (bicyclic) bond motifs is 2. The molecule has 3 aromatic carbocycles. The predicted molar refractivity (Wildman–Crippen MR) is 151 cm³/mol. The first-order valence-electron chi connectivity index (χ1n) is 12.7. The van der Waals surface area contributed by atoms with Crippen molar-refractivity contribution in [3.8, 4) is 11.5 Å². The summed E-state index contributed by atoms with van der Waals surface area (Å²) in [5.41, 5.74) is 4.24. The van der Waals surface area contributed by atoms with Crippen molar-refractivity contribution < 1.29 is 14.6 Å². The van der Waals surface area contributed by atoms with Crippen LogP contribution in [0, 0.1) is 0 Å². The third-order valence-corrected chi connectivity index (χ3v) is 8.15. The topological polar surface area (TPSA) is 71.5 Å². The summed E-state index contributed by atoms with van der Waals surface area (Å²) in [5.74, 6) is 0.660. The second kappa shape index (κ2) is 9.66. The number of anilines is 1. The number of allylic oxidation sites excluding steroid dienone is 1. The van der Waals surface area contributed by atoms with Gasteiger partial charge in [-0.1, -0.05) is 54.1 Å². The zero-order chi connectivity index (χ0) is 26.2. The number of rotatable bonds is 6. The van der Waals surface area contributed by atoms with Crippen molar-refractivity contribution in [3.63, 3.8) is 0 Å². The first kappa shape index (κ1) is 24.3. The average molecular weight is 523 g/mol. The smallest absolute Gasteiger partial charge is 0.329 e. The predicted octanol–water partition coefficient (Wildman–Crippen LogP) is 7.83. The molecule has 4 aromatic rings. The SMILES string of the molecule is O=C(O)C1(Nc2cccc(Cl)c2)CCC2(CC1)C(c1ccc(Oc3ccncc3)cc1)=Cc1ccccc12. The number of nitrogens with one attached hydrogen (secondary N) is 1. The molecule has 1 saturated carbocycles. The summed E-state index contributed by atoms with van der Waals surface area (Å²) in [6.45, 7) is 0. The van der Waals surface area contributed by atoms with Crippen molar-refractivity contribution in [1.29, 1.82) is 0 Å². The third-order valence-electron chi connectivity index (χ3n) is 7.92. The van der Waals surface area contributed by atoms with Gasteiger partial charge in [0, 0.05) is 28.5 Å². The Balaban J connectivity index is 1.30. The molecule has 6 heteroatoms. The van der Waals surface area contributed by atoms with Crippen LogP contribution in [0.2, 0.25) is 5.02 Å². The van der Waals surface area contributed by atoms with Crippen LogP contribution in [0.4, 0.5) is 5.69 Å². The Morgan fingerprint density at radius 1 is 0.868 bits per heavy atom. The number of hydrogen-bond donors (Lipinski definition) is 2. The second-order valence-electron chi connectivity index (χ2n) is 10.1. The molecule has 2 N–H and O–H groups in total. The van der Waals surface area contributed by atoms with Crippen molar-refractivity contribution in [1.82, 2.24) is 4.98 Å². The first-order valence-corrected chi connectivity index (χ1v) is 13.1. The highest BCUT2D eigenvalue weighted by Crippen LogP contribution is 2.56. The molecule has 38 heavy (non-hydrogen) atoms. The third kappa shape index (κ3) is 4.33. The van der Waals surface area contributed by atoms with Gasteiger partial charge in [0.05, 0.1) is 0 Å². The summed E-state index contributed by atoms with van der Waals surface area (Å²) in [4.78, 5) is 16.7. The molecular weight excluding hydrogens is 496 g/mol. The van der Waals surface area contributed by atoms with Crippen LogP contribution in [0.5, 0.6) is 11.5 Å². The minimum Gasteiger partial charge on any atom is -0.480 e. The summed E-state index contributed by atoms with van der Waals surface area (Å²) in [5, 5.41) is 14.3. The van der Waals surface area contributed by atoms with Crippen LogP contribution in [0.1, 0.15) is 42.4 Å². The standard InChI is InChI=1S/C32H27ClN2O3/c33-24-5-3-6-25(21-24)35-32(30(36)37)16-14-31(15-17-32)28-7-2-1-4-23(28)20-29(31)22-8-10-26(11-9-22)38-27-12-18-34-19-13-27/h1-13,18-21,35H,14-17H2,(H,36,37). The van der Waals surface area contributed by atoms with Crippen LogP contribution in [-0.4, -0.2) is 21.6 Å². The fourth-order valence-electron chi connectivity index (χ4n) is 5.98. The Kier molecular flexibility index (Phi) is 6.16. The Morgan fingerprint density at radius 3 is 2.29 bits per heavy atom. The van der Waals surface area contributed by atoms with Crippen LogP contribution < -0.4 is 10.1 Å². The van der Waals surface area contributed by atoms with E-state index in [1.807, 2.05) is 36.4 Å². The molecule has 0 saturated heterocycles. The van der Waals surface area contributed by atoms with Gasteiger partial charge in [-0.15, -0.1) is 0 Å². The highest BCUT2D eigenvalue weighted by Gasteiger charge is 2.51. The quantitative estimate of drug-likeness (QED) is 0.270. The summed E-state index contributed by atoms with van der Waals surface area (Å²) in [6, 6.07) is 27.6. The number of pyridine rings is 1. The van der Waals surface area contributed by atoms with E-state index in [1.54, 1.807) is 24.5 Å². The lowest BCUT2D eigenvalue weighted by Crippen LogP contribution is -2.52. The molecule has 0 atom stereocenters. The van der Waals surface area contributed by atoms with Crippen molar-refractivity contribution in [3.05, 3.63) is 119 Å². The second-order valence-corrected chi connectivity index (χ2v) is 10.5. The van der Waals surface area contributed by atoms with Crippen LogP contribution >= 0.6 is 11.6 Å². The molecule has 5 nitrogen and oxygen atoms in total. The zero-order valence-corrected chi connectivity index (χ0v) is 21.5. The largest absolute Gasteiger partial charge is 0.480 e. The monoisotopic (exact) mass is 522 g/mol. The highest BCUT2D eigenvalue weighted by molar-refractivity contribution is 6.30. The number of benzene rings is 3. The highest BCUT2D eigenvalue weighted by atomic mass is 35.5. The molecule has 1 aromatic heterocycles. The lowest BCUT2D eigenvalue weighted by atomic mass is 9.61. The molecule has 190 valence electrons. The number of aliphatic carboxylic acids is 1. The maximum absolute atomic E-state index is 12.6. The van der Waals surface area contributed by atoms with E-state index < -0.39 is 11.5 Å². The van der Waals surface area contributed by atoms with E-state index >= 15 is 0 Å². The molecule has 0 amide bonds. The number of hydrogen-bond acceptors (Lipinski definition) is 4. The van der Waals surface area contributed by atoms with Crippen molar-refractivity contribution in [2.24, 2.45) is 0 Å². The maximum atomic E-state index is 12.6. The van der Waals surface area contributed by atoms with E-state index in [0.29, 0.717) is 30.7 Å². The van der Waals surface area contributed by atoms with E-state index in [9.17, 15) is 9.90 Å². The maximum Gasteiger partial charge on any atom is 0.329 e. The van der Waals surface area contributed by atoms with Crippen molar-refractivity contribution in [2.75, 3.05) is 5.32 Å². The van der Waals surface area contributed by atoms with Gasteiger partial charge in [-0.05, 0) is 96.5 Å². The summed E-state index contributed by atoms with van der Waals surface area (Å²) < 4.78 is 5.97. The Labute approximate surface area is 226 Å². The number of halogens is 1. The first-order chi connectivity index (χ1) is 18.5. The molecule has 2 aliphatic rings. The lowest BCUT2D eigenvalue weighted by Gasteiger charge is -2.45. The van der Waals surface area contributed by atoms with Gasteiger partial charge in [-0.3, -0.25) is 4.98 Å². The van der Waals surface area contributed by atoms with Gasteiger partial charge in [0.25, 0.3) is 0 Å². The van der Waals surface area contributed by atoms with Gasteiger partial charge in [0.1, 0.15) is 17.0 Å². The van der Waals surface area contributed by atoms with E-state index in [0.717, 1.165) is 22.7 Å². The van der Waals surface area contributed by atoms with Crippen LogP contribution in [0.3, 0.4) is 0 Å². The normalized spacial score (nSPS) is 22.0. The summed E-state index contributed by atoms with van der Waals surface area (Å²) >= 11 is 6.18. The minimum atomic E-state index is -1.05. The molecule has 2 aliphatic carbocycles. The Morgan fingerprint density at radius 2 is 1.58 bits per heavy atom. The summed E-state index contributed by atoms with van der Waals surface area (Å²) in [7, 11) is 0. The van der Waals surface area contributed by atoms with Gasteiger partial charge >= 0.3 is 5.97 Å². The Bertz CT molecular complexity index is 1510.